The van der Waals surface area contributed by atoms with Gasteiger partial charge in [0.25, 0.3) is 5.95 Å². The molecule has 2 heterocycles. The zero-order chi connectivity index (χ0) is 23.8. The number of benzene rings is 2. The zero-order valence-electron chi connectivity index (χ0n) is 19.3. The normalized spacial score (nSPS) is 11.0. The van der Waals surface area contributed by atoms with Gasteiger partial charge in [-0.1, -0.05) is 42.0 Å². The minimum Gasteiger partial charge on any atom is -0.493 e. The van der Waals surface area contributed by atoms with Gasteiger partial charge in [-0.25, -0.2) is 4.98 Å². The van der Waals surface area contributed by atoms with Crippen LogP contribution in [-0.4, -0.2) is 45.3 Å². The summed E-state index contributed by atoms with van der Waals surface area (Å²) in [5, 5.41) is 8.44. The second kappa shape index (κ2) is 11.0. The SMILES string of the molecule is COc1cccc(CCOc2nc(N=NCc3cccc(C)c3)nc(-n3ccnc3)n2)c1OC. The van der Waals surface area contributed by atoms with Crippen molar-refractivity contribution in [1.29, 1.82) is 0 Å². The van der Waals surface area contributed by atoms with Gasteiger partial charge in [0.2, 0.25) is 5.95 Å². The Labute approximate surface area is 197 Å². The molecule has 0 aliphatic carbocycles. The Morgan fingerprint density at radius 1 is 1.00 bits per heavy atom. The van der Waals surface area contributed by atoms with Crippen LogP contribution < -0.4 is 14.2 Å². The molecule has 0 atom stereocenters. The maximum absolute atomic E-state index is 5.85. The standard InChI is InChI=1S/C24H25N7O3/c1-17-6-4-7-18(14-17)15-26-30-22-27-23(31-12-11-25-16-31)29-24(28-22)34-13-10-19-8-5-9-20(32-2)21(19)33-3/h4-9,11-12,14,16H,10,13,15H2,1-3H3. The van der Waals surface area contributed by atoms with Crippen LogP contribution in [0.3, 0.4) is 0 Å². The first kappa shape index (κ1) is 22.8. The third kappa shape index (κ3) is 5.71. The van der Waals surface area contributed by atoms with Gasteiger partial charge in [0.15, 0.2) is 11.5 Å². The summed E-state index contributed by atoms with van der Waals surface area (Å²) in [6.07, 6.45) is 5.52. The van der Waals surface area contributed by atoms with Crippen LogP contribution in [0.2, 0.25) is 0 Å². The predicted molar refractivity (Wildman–Crippen MR) is 125 cm³/mol. The molecule has 174 valence electrons. The number of nitrogens with zero attached hydrogens (tertiary/aromatic N) is 7. The molecule has 0 aliphatic heterocycles. The summed E-state index contributed by atoms with van der Waals surface area (Å²) in [7, 11) is 3.22. The molecule has 0 fully saturated rings. The third-order valence-electron chi connectivity index (χ3n) is 4.91. The summed E-state index contributed by atoms with van der Waals surface area (Å²) in [5.41, 5.74) is 3.17. The molecule has 10 heteroatoms. The Morgan fingerprint density at radius 2 is 1.88 bits per heavy atom. The molecule has 0 bridgehead atoms. The van der Waals surface area contributed by atoms with Gasteiger partial charge in [-0.05, 0) is 18.6 Å². The molecule has 0 saturated heterocycles. The van der Waals surface area contributed by atoms with Crippen LogP contribution in [-0.2, 0) is 13.0 Å². The van der Waals surface area contributed by atoms with Gasteiger partial charge in [-0.2, -0.15) is 20.1 Å². The van der Waals surface area contributed by atoms with Crippen molar-refractivity contribution < 1.29 is 14.2 Å². The Kier molecular flexibility index (Phi) is 7.39. The molecule has 2 aromatic carbocycles. The fourth-order valence-electron chi connectivity index (χ4n) is 3.33. The van der Waals surface area contributed by atoms with Crippen molar-refractivity contribution in [1.82, 2.24) is 24.5 Å². The lowest BCUT2D eigenvalue weighted by atomic mass is 10.1. The number of rotatable bonds is 10. The quantitative estimate of drug-likeness (QED) is 0.325. The first-order chi connectivity index (χ1) is 16.7. The lowest BCUT2D eigenvalue weighted by molar-refractivity contribution is 0.291. The fraction of sp³-hybridized carbons (Fsp3) is 0.250. The molecule has 0 aliphatic rings. The maximum Gasteiger partial charge on any atom is 0.323 e. The number of methoxy groups -OCH3 is 2. The average Bonchev–Trinajstić information content (AvgIpc) is 3.39. The molecule has 4 rings (SSSR count). The molecular weight excluding hydrogens is 434 g/mol. The van der Waals surface area contributed by atoms with Crippen LogP contribution >= 0.6 is 0 Å². The Balaban J connectivity index is 1.50. The zero-order valence-corrected chi connectivity index (χ0v) is 19.3. The molecule has 0 saturated carbocycles. The van der Waals surface area contributed by atoms with E-state index in [9.17, 15) is 0 Å². The van der Waals surface area contributed by atoms with Crippen molar-refractivity contribution in [2.75, 3.05) is 20.8 Å². The molecule has 0 unspecified atom stereocenters. The number of azo groups is 1. The minimum absolute atomic E-state index is 0.144. The van der Waals surface area contributed by atoms with Crippen LogP contribution in [0.25, 0.3) is 5.95 Å². The highest BCUT2D eigenvalue weighted by molar-refractivity contribution is 5.46. The van der Waals surface area contributed by atoms with E-state index in [1.54, 1.807) is 37.5 Å². The molecule has 0 spiro atoms. The first-order valence-electron chi connectivity index (χ1n) is 10.7. The molecule has 4 aromatic rings. The third-order valence-corrected chi connectivity index (χ3v) is 4.91. The second-order valence-corrected chi connectivity index (χ2v) is 7.33. The topological polar surface area (TPSA) is 109 Å². The number of aromatic nitrogens is 5. The van der Waals surface area contributed by atoms with Crippen LogP contribution in [0, 0.1) is 6.92 Å². The summed E-state index contributed by atoms with van der Waals surface area (Å²) in [6, 6.07) is 13.9. The van der Waals surface area contributed by atoms with Gasteiger partial charge >= 0.3 is 6.01 Å². The van der Waals surface area contributed by atoms with Gasteiger partial charge in [0, 0.05) is 24.4 Å². The van der Waals surface area contributed by atoms with Crippen LogP contribution in [0.1, 0.15) is 16.7 Å². The van der Waals surface area contributed by atoms with E-state index in [0.717, 1.165) is 11.1 Å². The molecule has 10 nitrogen and oxygen atoms in total. The smallest absolute Gasteiger partial charge is 0.323 e. The largest absolute Gasteiger partial charge is 0.493 e. The lowest BCUT2D eigenvalue weighted by Crippen LogP contribution is -2.08. The van der Waals surface area contributed by atoms with Gasteiger partial charge in [0.05, 0.1) is 27.4 Å². The minimum atomic E-state index is 0.144. The Bertz CT molecular complexity index is 1260. The lowest BCUT2D eigenvalue weighted by Gasteiger charge is -2.12. The highest BCUT2D eigenvalue weighted by atomic mass is 16.5. The van der Waals surface area contributed by atoms with Crippen molar-refractivity contribution >= 4 is 5.95 Å². The number of ether oxygens (including phenoxy) is 3. The molecule has 34 heavy (non-hydrogen) atoms. The van der Waals surface area contributed by atoms with Gasteiger partial charge in [-0.15, -0.1) is 5.11 Å². The summed E-state index contributed by atoms with van der Waals surface area (Å²) >= 11 is 0. The molecule has 2 aromatic heterocycles. The average molecular weight is 460 g/mol. The second-order valence-electron chi connectivity index (χ2n) is 7.33. The maximum atomic E-state index is 5.85. The van der Waals surface area contributed by atoms with E-state index in [1.165, 1.54) is 5.56 Å². The molecular formula is C24H25N7O3. The van der Waals surface area contributed by atoms with Gasteiger partial charge < -0.3 is 14.2 Å². The summed E-state index contributed by atoms with van der Waals surface area (Å²) < 4.78 is 18.3. The van der Waals surface area contributed by atoms with Crippen LogP contribution in [0.4, 0.5) is 5.95 Å². The molecule has 0 N–H and O–H groups in total. The van der Waals surface area contributed by atoms with Crippen LogP contribution in [0.5, 0.6) is 17.5 Å². The van der Waals surface area contributed by atoms with E-state index in [-0.39, 0.29) is 12.0 Å². The number of imidazole rings is 1. The monoisotopic (exact) mass is 459 g/mol. The molecule has 0 amide bonds. The van der Waals surface area contributed by atoms with Crippen molar-refractivity contribution in [2.24, 2.45) is 10.2 Å². The van der Waals surface area contributed by atoms with Gasteiger partial charge in [-0.3, -0.25) is 4.57 Å². The fourth-order valence-corrected chi connectivity index (χ4v) is 3.33. The highest BCUT2D eigenvalue weighted by Crippen LogP contribution is 2.31. The number of hydrogen-bond donors (Lipinski definition) is 0. The van der Waals surface area contributed by atoms with E-state index >= 15 is 0 Å². The van der Waals surface area contributed by atoms with Crippen LogP contribution in [0.15, 0.2) is 71.4 Å². The highest BCUT2D eigenvalue weighted by Gasteiger charge is 2.12. The predicted octanol–water partition coefficient (Wildman–Crippen LogP) is 4.29. The van der Waals surface area contributed by atoms with Gasteiger partial charge in [0.1, 0.15) is 6.33 Å². The van der Waals surface area contributed by atoms with E-state index < -0.39 is 0 Å². The molecule has 0 radical (unpaired) electrons. The number of hydrogen-bond acceptors (Lipinski definition) is 9. The van der Waals surface area contributed by atoms with Crippen molar-refractivity contribution in [2.45, 2.75) is 19.9 Å². The summed E-state index contributed by atoms with van der Waals surface area (Å²) in [5.74, 6) is 1.83. The Morgan fingerprint density at radius 3 is 2.65 bits per heavy atom. The van der Waals surface area contributed by atoms with E-state index in [4.69, 9.17) is 14.2 Å². The number of para-hydroxylation sites is 1. The summed E-state index contributed by atoms with van der Waals surface area (Å²) in [6.45, 7) is 2.77. The summed E-state index contributed by atoms with van der Waals surface area (Å²) in [4.78, 5) is 17.1. The van der Waals surface area contributed by atoms with Crippen molar-refractivity contribution in [3.05, 3.63) is 77.9 Å². The van der Waals surface area contributed by atoms with Crippen molar-refractivity contribution in [3.8, 4) is 23.5 Å². The van der Waals surface area contributed by atoms with E-state index in [0.29, 0.717) is 37.0 Å². The first-order valence-corrected chi connectivity index (χ1v) is 10.7. The van der Waals surface area contributed by atoms with Crippen molar-refractivity contribution in [3.63, 3.8) is 0 Å². The van der Waals surface area contributed by atoms with E-state index in [2.05, 4.69) is 36.2 Å². The van der Waals surface area contributed by atoms with E-state index in [1.807, 2.05) is 43.3 Å². The number of aryl methyl sites for hydroxylation is 1. The Hall–Kier alpha value is -4.34.